The van der Waals surface area contributed by atoms with E-state index in [2.05, 4.69) is 19.2 Å². The minimum atomic E-state index is -0.643. The fourth-order valence-electron chi connectivity index (χ4n) is 2.36. The third-order valence-electron chi connectivity index (χ3n) is 3.95. The summed E-state index contributed by atoms with van der Waals surface area (Å²) in [4.78, 5) is 35.4. The molecule has 0 unspecified atom stereocenters. The first-order valence-corrected chi connectivity index (χ1v) is 8.69. The Balaban J connectivity index is 1.72. The van der Waals surface area contributed by atoms with Gasteiger partial charge in [-0.25, -0.2) is 4.39 Å². The van der Waals surface area contributed by atoms with Crippen molar-refractivity contribution in [3.05, 3.63) is 65.5 Å². The Morgan fingerprint density at radius 2 is 1.59 bits per heavy atom. The van der Waals surface area contributed by atoms with Crippen LogP contribution in [0.15, 0.2) is 48.5 Å². The molecule has 1 amide bonds. The van der Waals surface area contributed by atoms with Crippen LogP contribution in [0.25, 0.3) is 0 Å². The van der Waals surface area contributed by atoms with Crippen LogP contribution in [-0.2, 0) is 14.3 Å². The Bertz CT molecular complexity index is 798. The van der Waals surface area contributed by atoms with E-state index in [1.165, 1.54) is 24.3 Å². The van der Waals surface area contributed by atoms with E-state index in [1.54, 1.807) is 12.1 Å². The zero-order valence-corrected chi connectivity index (χ0v) is 15.3. The molecule has 0 aliphatic heterocycles. The molecule has 1 N–H and O–H groups in total. The van der Waals surface area contributed by atoms with E-state index in [0.29, 0.717) is 17.2 Å². The highest BCUT2D eigenvalue weighted by Gasteiger charge is 2.12. The van der Waals surface area contributed by atoms with Crippen molar-refractivity contribution in [2.75, 3.05) is 11.9 Å². The second kappa shape index (κ2) is 9.62. The first kappa shape index (κ1) is 20.3. The smallest absolute Gasteiger partial charge is 0.306 e. The summed E-state index contributed by atoms with van der Waals surface area (Å²) in [6.07, 6.45) is -0.213. The topological polar surface area (TPSA) is 72.5 Å². The molecule has 5 nitrogen and oxygen atoms in total. The van der Waals surface area contributed by atoms with Crippen LogP contribution in [0.5, 0.6) is 0 Å². The second-order valence-electron chi connectivity index (χ2n) is 6.42. The van der Waals surface area contributed by atoms with Crippen molar-refractivity contribution >= 4 is 23.3 Å². The monoisotopic (exact) mass is 371 g/mol. The third kappa shape index (κ3) is 6.66. The number of benzene rings is 2. The van der Waals surface area contributed by atoms with Crippen LogP contribution in [0.2, 0.25) is 0 Å². The molecule has 142 valence electrons. The van der Waals surface area contributed by atoms with Crippen molar-refractivity contribution in [2.24, 2.45) is 0 Å². The lowest BCUT2D eigenvalue weighted by molar-refractivity contribution is -0.147. The molecule has 0 fully saturated rings. The van der Waals surface area contributed by atoms with E-state index in [4.69, 9.17) is 4.74 Å². The number of nitrogens with one attached hydrogen (secondary N) is 1. The number of anilines is 1. The lowest BCUT2D eigenvalue weighted by Crippen LogP contribution is -2.21. The quantitative estimate of drug-likeness (QED) is 0.560. The van der Waals surface area contributed by atoms with Gasteiger partial charge < -0.3 is 10.1 Å². The lowest BCUT2D eigenvalue weighted by Gasteiger charge is -2.09. The fourth-order valence-corrected chi connectivity index (χ4v) is 2.36. The Kier molecular flexibility index (Phi) is 7.23. The van der Waals surface area contributed by atoms with Gasteiger partial charge in [-0.1, -0.05) is 26.0 Å². The van der Waals surface area contributed by atoms with Gasteiger partial charge >= 0.3 is 5.97 Å². The molecule has 0 spiro atoms. The zero-order chi connectivity index (χ0) is 19.8. The van der Waals surface area contributed by atoms with E-state index in [0.717, 1.165) is 5.56 Å². The number of hydrogen-bond donors (Lipinski definition) is 1. The van der Waals surface area contributed by atoms with Gasteiger partial charge in [0.25, 0.3) is 5.91 Å². The van der Waals surface area contributed by atoms with Crippen molar-refractivity contribution in [1.29, 1.82) is 0 Å². The van der Waals surface area contributed by atoms with Crippen LogP contribution in [0.3, 0.4) is 0 Å². The van der Waals surface area contributed by atoms with Gasteiger partial charge in [-0.2, -0.15) is 0 Å². The highest BCUT2D eigenvalue weighted by Crippen LogP contribution is 2.17. The summed E-state index contributed by atoms with van der Waals surface area (Å²) < 4.78 is 17.7. The molecular formula is C21H22FNO4. The highest BCUT2D eigenvalue weighted by atomic mass is 19.1. The van der Waals surface area contributed by atoms with Crippen molar-refractivity contribution in [3.8, 4) is 0 Å². The van der Waals surface area contributed by atoms with Gasteiger partial charge in [0.2, 0.25) is 0 Å². The van der Waals surface area contributed by atoms with E-state index in [1.807, 2.05) is 12.1 Å². The molecule has 0 saturated carbocycles. The summed E-state index contributed by atoms with van der Waals surface area (Å²) in [5.74, 6) is -1.42. The van der Waals surface area contributed by atoms with Crippen LogP contribution >= 0.6 is 0 Å². The zero-order valence-electron chi connectivity index (χ0n) is 15.3. The van der Waals surface area contributed by atoms with Gasteiger partial charge in [0.15, 0.2) is 12.4 Å². The summed E-state index contributed by atoms with van der Waals surface area (Å²) in [6.45, 7) is 3.73. The maximum atomic E-state index is 12.8. The van der Waals surface area contributed by atoms with Crippen LogP contribution in [-0.4, -0.2) is 24.3 Å². The Hall–Kier alpha value is -3.02. The van der Waals surface area contributed by atoms with E-state index < -0.39 is 24.3 Å². The van der Waals surface area contributed by atoms with Crippen LogP contribution in [0.1, 0.15) is 48.5 Å². The summed E-state index contributed by atoms with van der Waals surface area (Å²) in [5, 5.41) is 2.64. The third-order valence-corrected chi connectivity index (χ3v) is 3.95. The van der Waals surface area contributed by atoms with Crippen LogP contribution in [0, 0.1) is 5.82 Å². The molecule has 2 aromatic carbocycles. The Morgan fingerprint density at radius 1 is 0.963 bits per heavy atom. The maximum Gasteiger partial charge on any atom is 0.306 e. The number of Topliss-reactive ketones (excluding diaryl/α,β-unsaturated/α-hetero) is 1. The number of halogens is 1. The first-order chi connectivity index (χ1) is 12.8. The van der Waals surface area contributed by atoms with Crippen molar-refractivity contribution < 1.29 is 23.5 Å². The van der Waals surface area contributed by atoms with Crippen molar-refractivity contribution in [3.63, 3.8) is 0 Å². The molecule has 0 aliphatic carbocycles. The molecule has 0 atom stereocenters. The molecule has 0 saturated heterocycles. The average Bonchev–Trinajstić information content (AvgIpc) is 2.65. The van der Waals surface area contributed by atoms with Gasteiger partial charge in [-0.15, -0.1) is 0 Å². The van der Waals surface area contributed by atoms with Crippen LogP contribution < -0.4 is 5.32 Å². The summed E-state index contributed by atoms with van der Waals surface area (Å²) in [6, 6.07) is 12.5. The molecule has 0 aliphatic rings. The number of rotatable bonds is 8. The van der Waals surface area contributed by atoms with Crippen molar-refractivity contribution in [2.45, 2.75) is 32.6 Å². The number of ketones is 1. The predicted octanol–water partition coefficient (Wildman–Crippen LogP) is 4.09. The minimum absolute atomic E-state index is 0.0667. The van der Waals surface area contributed by atoms with E-state index in [-0.39, 0.29) is 18.6 Å². The van der Waals surface area contributed by atoms with Gasteiger partial charge in [0, 0.05) is 17.7 Å². The molecule has 0 radical (unpaired) electrons. The molecule has 0 aromatic heterocycles. The largest absolute Gasteiger partial charge is 0.456 e. The number of amides is 1. The second-order valence-corrected chi connectivity index (χ2v) is 6.42. The van der Waals surface area contributed by atoms with Crippen LogP contribution in [0.4, 0.5) is 10.1 Å². The average molecular weight is 371 g/mol. The van der Waals surface area contributed by atoms with Gasteiger partial charge in [0.1, 0.15) is 5.82 Å². The Labute approximate surface area is 157 Å². The first-order valence-electron chi connectivity index (χ1n) is 8.69. The summed E-state index contributed by atoms with van der Waals surface area (Å²) in [5.41, 5.74) is 2.10. The normalized spacial score (nSPS) is 10.5. The van der Waals surface area contributed by atoms with Gasteiger partial charge in [0.05, 0.1) is 6.42 Å². The highest BCUT2D eigenvalue weighted by molar-refractivity contribution is 5.98. The Morgan fingerprint density at radius 3 is 2.19 bits per heavy atom. The van der Waals surface area contributed by atoms with Gasteiger partial charge in [-0.05, 0) is 47.9 Å². The number of carbonyl (C=O) groups is 3. The van der Waals surface area contributed by atoms with E-state index in [9.17, 15) is 18.8 Å². The molecule has 0 heterocycles. The predicted molar refractivity (Wildman–Crippen MR) is 100 cm³/mol. The van der Waals surface area contributed by atoms with Crippen molar-refractivity contribution in [1.82, 2.24) is 0 Å². The molecule has 2 rings (SSSR count). The molecule has 6 heteroatoms. The van der Waals surface area contributed by atoms with Gasteiger partial charge in [-0.3, -0.25) is 14.4 Å². The minimum Gasteiger partial charge on any atom is -0.456 e. The lowest BCUT2D eigenvalue weighted by atomic mass is 10.0. The molecule has 0 bridgehead atoms. The number of esters is 1. The molecular weight excluding hydrogens is 349 g/mol. The summed E-state index contributed by atoms with van der Waals surface area (Å²) in [7, 11) is 0. The molecule has 2 aromatic rings. The molecule has 27 heavy (non-hydrogen) atoms. The number of hydrogen-bond acceptors (Lipinski definition) is 4. The van der Waals surface area contributed by atoms with E-state index >= 15 is 0 Å². The standard InChI is InChI=1S/C21H22FNO4/c1-14(2)15-5-9-18(10-6-15)23-20(25)13-27-21(26)12-11-19(24)16-3-7-17(22)8-4-16/h3-10,14H,11-13H2,1-2H3,(H,23,25). The summed E-state index contributed by atoms with van der Waals surface area (Å²) >= 11 is 0. The number of carbonyl (C=O) groups excluding carboxylic acids is 3. The fraction of sp³-hybridized carbons (Fsp3) is 0.286. The number of ether oxygens (including phenoxy) is 1. The maximum absolute atomic E-state index is 12.8. The SMILES string of the molecule is CC(C)c1ccc(NC(=O)COC(=O)CCC(=O)c2ccc(F)cc2)cc1.